The molecule has 1 aromatic heterocycles. The predicted octanol–water partition coefficient (Wildman–Crippen LogP) is 2.95. The molecule has 1 aliphatic carbocycles. The fourth-order valence-electron chi connectivity index (χ4n) is 2.09. The molecule has 1 aromatic rings. The van der Waals surface area contributed by atoms with Crippen LogP contribution >= 0.6 is 0 Å². The minimum atomic E-state index is 0.651. The molecule has 2 heteroatoms. The molecule has 0 unspecified atom stereocenters. The molecule has 1 fully saturated rings. The molecular formula is C12H19NO. The van der Waals surface area contributed by atoms with Crippen LogP contribution in [0.25, 0.3) is 0 Å². The molecule has 0 atom stereocenters. The van der Waals surface area contributed by atoms with Gasteiger partial charge in [-0.2, -0.15) is 0 Å². The molecule has 14 heavy (non-hydrogen) atoms. The third kappa shape index (κ3) is 2.38. The average Bonchev–Trinajstić information content (AvgIpc) is 2.75. The summed E-state index contributed by atoms with van der Waals surface area (Å²) in [5.41, 5.74) is 1.90. The van der Waals surface area contributed by atoms with E-state index in [1.165, 1.54) is 37.8 Å². The first kappa shape index (κ1) is 9.78. The summed E-state index contributed by atoms with van der Waals surface area (Å²) in [6.07, 6.45) is 9.07. The van der Waals surface area contributed by atoms with Crippen LogP contribution in [-0.2, 0) is 6.54 Å². The zero-order valence-electron chi connectivity index (χ0n) is 8.88. The summed E-state index contributed by atoms with van der Waals surface area (Å²) >= 11 is 0. The van der Waals surface area contributed by atoms with E-state index in [9.17, 15) is 0 Å². The number of furan rings is 1. The Morgan fingerprint density at radius 2 is 2.36 bits per heavy atom. The Balaban J connectivity index is 1.68. The maximum absolute atomic E-state index is 5.02. The van der Waals surface area contributed by atoms with Crippen LogP contribution in [0.3, 0.4) is 0 Å². The molecule has 1 heterocycles. The average molecular weight is 193 g/mol. The SMILES string of the molecule is CCCC1(CNCc2ccoc2)CC1. The maximum Gasteiger partial charge on any atom is 0.0947 e. The van der Waals surface area contributed by atoms with Crippen molar-refractivity contribution in [2.24, 2.45) is 5.41 Å². The lowest BCUT2D eigenvalue weighted by molar-refractivity contribution is 0.420. The van der Waals surface area contributed by atoms with Gasteiger partial charge in [-0.3, -0.25) is 0 Å². The second kappa shape index (κ2) is 4.18. The van der Waals surface area contributed by atoms with Gasteiger partial charge in [0.25, 0.3) is 0 Å². The van der Waals surface area contributed by atoms with Gasteiger partial charge in [-0.1, -0.05) is 13.3 Å². The molecule has 0 spiro atoms. The number of rotatable bonds is 6. The van der Waals surface area contributed by atoms with Gasteiger partial charge >= 0.3 is 0 Å². The first-order valence-electron chi connectivity index (χ1n) is 5.56. The summed E-state index contributed by atoms with van der Waals surface area (Å²) in [5, 5.41) is 3.52. The lowest BCUT2D eigenvalue weighted by atomic mass is 10.0. The van der Waals surface area contributed by atoms with Crippen LogP contribution in [0.1, 0.15) is 38.2 Å². The fourth-order valence-corrected chi connectivity index (χ4v) is 2.09. The van der Waals surface area contributed by atoms with Crippen LogP contribution in [0.5, 0.6) is 0 Å². The summed E-state index contributed by atoms with van der Waals surface area (Å²) in [5.74, 6) is 0. The lowest BCUT2D eigenvalue weighted by Crippen LogP contribution is -2.23. The topological polar surface area (TPSA) is 25.2 Å². The van der Waals surface area contributed by atoms with E-state index >= 15 is 0 Å². The molecule has 0 aromatic carbocycles. The van der Waals surface area contributed by atoms with Gasteiger partial charge in [0.15, 0.2) is 0 Å². The van der Waals surface area contributed by atoms with E-state index in [1.807, 2.05) is 12.3 Å². The molecule has 1 N–H and O–H groups in total. The standard InChI is InChI=1S/C12H19NO/c1-2-4-12(5-6-12)10-13-8-11-3-7-14-9-11/h3,7,9,13H,2,4-6,8,10H2,1H3. The Kier molecular flexibility index (Phi) is 2.92. The van der Waals surface area contributed by atoms with Gasteiger partial charge in [0.1, 0.15) is 0 Å². The minimum Gasteiger partial charge on any atom is -0.472 e. The smallest absolute Gasteiger partial charge is 0.0947 e. The molecule has 0 saturated heterocycles. The molecule has 2 nitrogen and oxygen atoms in total. The fraction of sp³-hybridized carbons (Fsp3) is 0.667. The molecular weight excluding hydrogens is 174 g/mol. The molecule has 0 amide bonds. The second-order valence-corrected chi connectivity index (χ2v) is 4.49. The first-order valence-corrected chi connectivity index (χ1v) is 5.56. The molecule has 0 aliphatic heterocycles. The maximum atomic E-state index is 5.02. The number of hydrogen-bond donors (Lipinski definition) is 1. The van der Waals surface area contributed by atoms with E-state index < -0.39 is 0 Å². The van der Waals surface area contributed by atoms with Crippen LogP contribution in [0.2, 0.25) is 0 Å². The van der Waals surface area contributed by atoms with Crippen molar-refractivity contribution in [3.8, 4) is 0 Å². The largest absolute Gasteiger partial charge is 0.472 e. The summed E-state index contributed by atoms with van der Waals surface area (Å²) in [6.45, 7) is 4.39. The Labute approximate surface area is 85.7 Å². The second-order valence-electron chi connectivity index (χ2n) is 4.49. The van der Waals surface area contributed by atoms with Crippen molar-refractivity contribution in [3.05, 3.63) is 24.2 Å². The predicted molar refractivity (Wildman–Crippen MR) is 57.0 cm³/mol. The summed E-state index contributed by atoms with van der Waals surface area (Å²) in [6, 6.07) is 2.02. The van der Waals surface area contributed by atoms with Gasteiger partial charge in [0.05, 0.1) is 12.5 Å². The van der Waals surface area contributed by atoms with E-state index in [2.05, 4.69) is 12.2 Å². The van der Waals surface area contributed by atoms with Crippen LogP contribution in [-0.4, -0.2) is 6.54 Å². The Bertz CT molecular complexity index is 262. The lowest BCUT2D eigenvalue weighted by Gasteiger charge is -2.14. The van der Waals surface area contributed by atoms with Crippen LogP contribution in [0.4, 0.5) is 0 Å². The van der Waals surface area contributed by atoms with Crippen molar-refractivity contribution < 1.29 is 4.42 Å². The third-order valence-corrected chi connectivity index (χ3v) is 3.15. The van der Waals surface area contributed by atoms with Gasteiger partial charge in [-0.05, 0) is 30.7 Å². The molecule has 2 rings (SSSR count). The van der Waals surface area contributed by atoms with Crippen molar-refractivity contribution >= 4 is 0 Å². The highest BCUT2D eigenvalue weighted by Crippen LogP contribution is 2.48. The van der Waals surface area contributed by atoms with Gasteiger partial charge in [-0.25, -0.2) is 0 Å². The molecule has 1 saturated carbocycles. The van der Waals surface area contributed by atoms with Crippen molar-refractivity contribution in [1.82, 2.24) is 5.32 Å². The number of hydrogen-bond acceptors (Lipinski definition) is 2. The highest BCUT2D eigenvalue weighted by atomic mass is 16.3. The van der Waals surface area contributed by atoms with Crippen molar-refractivity contribution in [3.63, 3.8) is 0 Å². The van der Waals surface area contributed by atoms with E-state index in [0.717, 1.165) is 6.54 Å². The number of nitrogens with one attached hydrogen (secondary N) is 1. The monoisotopic (exact) mass is 193 g/mol. The zero-order chi connectivity index (χ0) is 9.86. The van der Waals surface area contributed by atoms with E-state index in [1.54, 1.807) is 6.26 Å². The molecule has 0 radical (unpaired) electrons. The Hall–Kier alpha value is -0.760. The van der Waals surface area contributed by atoms with Crippen molar-refractivity contribution in [1.29, 1.82) is 0 Å². The highest BCUT2D eigenvalue weighted by molar-refractivity contribution is 5.05. The van der Waals surface area contributed by atoms with Crippen LogP contribution < -0.4 is 5.32 Å². The van der Waals surface area contributed by atoms with E-state index in [-0.39, 0.29) is 0 Å². The van der Waals surface area contributed by atoms with E-state index in [4.69, 9.17) is 4.42 Å². The molecule has 0 bridgehead atoms. The normalized spacial score (nSPS) is 18.4. The van der Waals surface area contributed by atoms with Gasteiger partial charge in [0.2, 0.25) is 0 Å². The first-order chi connectivity index (χ1) is 6.85. The Morgan fingerprint density at radius 3 is 2.93 bits per heavy atom. The third-order valence-electron chi connectivity index (χ3n) is 3.15. The van der Waals surface area contributed by atoms with Gasteiger partial charge in [0, 0.05) is 18.7 Å². The van der Waals surface area contributed by atoms with Crippen LogP contribution in [0.15, 0.2) is 23.0 Å². The quantitative estimate of drug-likeness (QED) is 0.751. The van der Waals surface area contributed by atoms with E-state index in [0.29, 0.717) is 5.41 Å². The Morgan fingerprint density at radius 1 is 1.50 bits per heavy atom. The summed E-state index contributed by atoms with van der Waals surface area (Å²) in [7, 11) is 0. The van der Waals surface area contributed by atoms with Crippen molar-refractivity contribution in [2.45, 2.75) is 39.2 Å². The summed E-state index contributed by atoms with van der Waals surface area (Å²) in [4.78, 5) is 0. The van der Waals surface area contributed by atoms with Gasteiger partial charge in [-0.15, -0.1) is 0 Å². The zero-order valence-corrected chi connectivity index (χ0v) is 8.88. The summed E-state index contributed by atoms with van der Waals surface area (Å²) < 4.78 is 5.02. The highest BCUT2D eigenvalue weighted by Gasteiger charge is 2.40. The van der Waals surface area contributed by atoms with Crippen LogP contribution in [0, 0.1) is 5.41 Å². The van der Waals surface area contributed by atoms with Crippen molar-refractivity contribution in [2.75, 3.05) is 6.54 Å². The van der Waals surface area contributed by atoms with Gasteiger partial charge < -0.3 is 9.73 Å². The molecule has 78 valence electrons. The minimum absolute atomic E-state index is 0.651. The molecule has 1 aliphatic rings.